The lowest BCUT2D eigenvalue weighted by molar-refractivity contribution is 0.100. The van der Waals surface area contributed by atoms with Gasteiger partial charge in [-0.2, -0.15) is 4.98 Å². The molecule has 0 fully saturated rings. The molecule has 2 heterocycles. The van der Waals surface area contributed by atoms with Crippen molar-refractivity contribution in [2.24, 2.45) is 5.73 Å². The van der Waals surface area contributed by atoms with Crippen LogP contribution in [-0.4, -0.2) is 42.5 Å². The third-order valence-corrected chi connectivity index (χ3v) is 4.13. The molecule has 0 saturated carbocycles. The van der Waals surface area contributed by atoms with E-state index in [0.717, 1.165) is 11.3 Å². The summed E-state index contributed by atoms with van der Waals surface area (Å²) >= 11 is 2.52. The summed E-state index contributed by atoms with van der Waals surface area (Å²) in [5.74, 6) is -0.239. The highest BCUT2D eigenvalue weighted by Gasteiger charge is 2.20. The summed E-state index contributed by atoms with van der Waals surface area (Å²) < 4.78 is 10.5. The standard InChI is InChI=1S/C11H14N4O3S2/c1-17-3-4-18-9-5-6(12)7(8(13)16)20-10(5)15-11(14-9)19-2/h3-4,12H2,1-2H3,(H2,13,16). The van der Waals surface area contributed by atoms with Crippen molar-refractivity contribution in [2.45, 2.75) is 5.16 Å². The van der Waals surface area contributed by atoms with Gasteiger partial charge in [-0.15, -0.1) is 11.3 Å². The molecule has 0 atom stereocenters. The summed E-state index contributed by atoms with van der Waals surface area (Å²) in [7, 11) is 1.58. The van der Waals surface area contributed by atoms with Gasteiger partial charge in [-0.25, -0.2) is 4.98 Å². The molecule has 0 bridgehead atoms. The number of nitrogen functional groups attached to an aromatic ring is 1. The molecule has 4 N–H and O–H groups in total. The van der Waals surface area contributed by atoms with Gasteiger partial charge in [-0.05, 0) is 6.26 Å². The molecular formula is C11H14N4O3S2. The topological polar surface area (TPSA) is 113 Å². The van der Waals surface area contributed by atoms with E-state index in [4.69, 9.17) is 20.9 Å². The molecule has 1 amide bonds. The summed E-state index contributed by atoms with van der Waals surface area (Å²) in [4.78, 5) is 20.8. The smallest absolute Gasteiger partial charge is 0.260 e. The van der Waals surface area contributed by atoms with E-state index in [2.05, 4.69) is 9.97 Å². The Morgan fingerprint density at radius 2 is 2.15 bits per heavy atom. The van der Waals surface area contributed by atoms with Gasteiger partial charge in [0.25, 0.3) is 5.91 Å². The molecule has 9 heteroatoms. The molecule has 0 unspecified atom stereocenters. The minimum atomic E-state index is -0.584. The molecule has 7 nitrogen and oxygen atoms in total. The molecule has 108 valence electrons. The highest BCUT2D eigenvalue weighted by Crippen LogP contribution is 2.38. The summed E-state index contributed by atoms with van der Waals surface area (Å²) in [6.45, 7) is 0.754. The number of nitrogens with zero attached hydrogens (tertiary/aromatic N) is 2. The average Bonchev–Trinajstić information content (AvgIpc) is 2.76. The fourth-order valence-electron chi connectivity index (χ4n) is 1.57. The molecular weight excluding hydrogens is 300 g/mol. The first kappa shape index (κ1) is 14.8. The van der Waals surface area contributed by atoms with Crippen molar-refractivity contribution >= 4 is 44.9 Å². The number of hydrogen-bond donors (Lipinski definition) is 2. The van der Waals surface area contributed by atoms with Crippen molar-refractivity contribution < 1.29 is 14.3 Å². The summed E-state index contributed by atoms with van der Waals surface area (Å²) in [6.07, 6.45) is 1.85. The predicted octanol–water partition coefficient (Wildman–Crippen LogP) is 1.12. The Bertz CT molecular complexity index is 644. The van der Waals surface area contributed by atoms with Gasteiger partial charge in [-0.1, -0.05) is 11.8 Å². The fraction of sp³-hybridized carbons (Fsp3) is 0.364. The quantitative estimate of drug-likeness (QED) is 0.466. The van der Waals surface area contributed by atoms with Crippen LogP contribution in [0.1, 0.15) is 9.67 Å². The lowest BCUT2D eigenvalue weighted by Gasteiger charge is -2.07. The number of primary amides is 1. The Labute approximate surface area is 123 Å². The Kier molecular flexibility index (Phi) is 4.63. The van der Waals surface area contributed by atoms with E-state index in [9.17, 15) is 4.79 Å². The number of hydrogen-bond acceptors (Lipinski definition) is 8. The number of rotatable bonds is 6. The van der Waals surface area contributed by atoms with Crippen LogP contribution in [0.25, 0.3) is 10.2 Å². The zero-order valence-electron chi connectivity index (χ0n) is 11.0. The lowest BCUT2D eigenvalue weighted by Crippen LogP contribution is -2.11. The molecule has 20 heavy (non-hydrogen) atoms. The van der Waals surface area contributed by atoms with Gasteiger partial charge in [-0.3, -0.25) is 4.79 Å². The van der Waals surface area contributed by atoms with Gasteiger partial charge >= 0.3 is 0 Å². The van der Waals surface area contributed by atoms with E-state index in [1.54, 1.807) is 7.11 Å². The van der Waals surface area contributed by atoms with Crippen LogP contribution in [0.2, 0.25) is 0 Å². The van der Waals surface area contributed by atoms with Crippen LogP contribution in [0, 0.1) is 0 Å². The summed E-state index contributed by atoms with van der Waals surface area (Å²) in [6, 6.07) is 0. The molecule has 2 aromatic heterocycles. The third-order valence-electron chi connectivity index (χ3n) is 2.47. The second kappa shape index (κ2) is 6.25. The number of aromatic nitrogens is 2. The maximum atomic E-state index is 11.4. The monoisotopic (exact) mass is 314 g/mol. The number of thioether (sulfide) groups is 1. The number of methoxy groups -OCH3 is 1. The normalized spacial score (nSPS) is 10.9. The number of ether oxygens (including phenoxy) is 2. The Balaban J connectivity index is 2.54. The Morgan fingerprint density at radius 1 is 1.40 bits per heavy atom. The van der Waals surface area contributed by atoms with Crippen LogP contribution < -0.4 is 16.2 Å². The fourth-order valence-corrected chi connectivity index (χ4v) is 2.92. The zero-order chi connectivity index (χ0) is 14.7. The minimum Gasteiger partial charge on any atom is -0.475 e. The van der Waals surface area contributed by atoms with Gasteiger partial charge in [0.1, 0.15) is 16.3 Å². The van der Waals surface area contributed by atoms with E-state index < -0.39 is 5.91 Å². The van der Waals surface area contributed by atoms with Crippen LogP contribution in [0.5, 0.6) is 5.88 Å². The largest absolute Gasteiger partial charge is 0.475 e. The molecule has 2 rings (SSSR count). The Hall–Kier alpha value is -1.58. The average molecular weight is 314 g/mol. The van der Waals surface area contributed by atoms with E-state index in [0.29, 0.717) is 34.5 Å². The highest BCUT2D eigenvalue weighted by molar-refractivity contribution is 7.98. The van der Waals surface area contributed by atoms with Gasteiger partial charge in [0.2, 0.25) is 5.88 Å². The van der Waals surface area contributed by atoms with Crippen LogP contribution >= 0.6 is 23.1 Å². The van der Waals surface area contributed by atoms with Crippen molar-refractivity contribution in [1.82, 2.24) is 9.97 Å². The molecule has 0 aliphatic rings. The molecule has 0 aliphatic heterocycles. The SMILES string of the molecule is COCCOc1nc(SC)nc2sc(C(N)=O)c(N)c12. The predicted molar refractivity (Wildman–Crippen MR) is 79.5 cm³/mol. The van der Waals surface area contributed by atoms with Gasteiger partial charge in [0, 0.05) is 7.11 Å². The first-order chi connectivity index (χ1) is 9.58. The maximum Gasteiger partial charge on any atom is 0.260 e. The van der Waals surface area contributed by atoms with E-state index in [1.807, 2.05) is 6.26 Å². The van der Waals surface area contributed by atoms with Crippen molar-refractivity contribution in [3.63, 3.8) is 0 Å². The van der Waals surface area contributed by atoms with Gasteiger partial charge in [0.15, 0.2) is 5.16 Å². The Morgan fingerprint density at radius 3 is 2.75 bits per heavy atom. The first-order valence-corrected chi connectivity index (χ1v) is 7.68. The molecule has 0 radical (unpaired) electrons. The number of anilines is 1. The number of nitrogens with two attached hydrogens (primary N) is 2. The summed E-state index contributed by atoms with van der Waals surface area (Å²) in [5, 5.41) is 1.07. The highest BCUT2D eigenvalue weighted by atomic mass is 32.2. The number of carbonyl (C=O) groups excluding carboxylic acids is 1. The van der Waals surface area contributed by atoms with Crippen molar-refractivity contribution in [1.29, 1.82) is 0 Å². The molecule has 0 aliphatic carbocycles. The third kappa shape index (κ3) is 2.79. The van der Waals surface area contributed by atoms with Gasteiger partial charge < -0.3 is 20.9 Å². The second-order valence-corrected chi connectivity index (χ2v) is 5.52. The summed E-state index contributed by atoms with van der Waals surface area (Å²) in [5.41, 5.74) is 11.5. The molecule has 0 spiro atoms. The number of carbonyl (C=O) groups is 1. The van der Waals surface area contributed by atoms with Crippen LogP contribution in [-0.2, 0) is 4.74 Å². The van der Waals surface area contributed by atoms with Gasteiger partial charge in [0.05, 0.1) is 17.7 Å². The van der Waals surface area contributed by atoms with Crippen molar-refractivity contribution in [2.75, 3.05) is 32.3 Å². The van der Waals surface area contributed by atoms with E-state index >= 15 is 0 Å². The maximum absolute atomic E-state index is 11.4. The van der Waals surface area contributed by atoms with E-state index in [1.165, 1.54) is 11.8 Å². The minimum absolute atomic E-state index is 0.262. The lowest BCUT2D eigenvalue weighted by atomic mass is 10.3. The number of amides is 1. The van der Waals surface area contributed by atoms with Crippen LogP contribution in [0.4, 0.5) is 5.69 Å². The zero-order valence-corrected chi connectivity index (χ0v) is 12.6. The van der Waals surface area contributed by atoms with Crippen molar-refractivity contribution in [3.05, 3.63) is 4.88 Å². The second-order valence-electron chi connectivity index (χ2n) is 3.75. The van der Waals surface area contributed by atoms with Crippen LogP contribution in [0.15, 0.2) is 5.16 Å². The van der Waals surface area contributed by atoms with Crippen LogP contribution in [0.3, 0.4) is 0 Å². The molecule has 0 saturated heterocycles. The number of thiophene rings is 1. The number of fused-ring (bicyclic) bond motifs is 1. The molecule has 0 aromatic carbocycles. The van der Waals surface area contributed by atoms with E-state index in [-0.39, 0.29) is 10.6 Å². The first-order valence-electron chi connectivity index (χ1n) is 5.64. The molecule has 2 aromatic rings. The van der Waals surface area contributed by atoms with Crippen molar-refractivity contribution in [3.8, 4) is 5.88 Å².